The quantitative estimate of drug-likeness (QED) is 0.896. The summed E-state index contributed by atoms with van der Waals surface area (Å²) in [7, 11) is 0. The van der Waals surface area contributed by atoms with E-state index in [4.69, 9.17) is 10.5 Å². The summed E-state index contributed by atoms with van der Waals surface area (Å²) in [4.78, 5) is 0. The molecule has 3 heteroatoms. The summed E-state index contributed by atoms with van der Waals surface area (Å²) in [5.74, 6) is 1.80. The van der Waals surface area contributed by atoms with E-state index in [1.165, 1.54) is 25.7 Å². The third-order valence-electron chi connectivity index (χ3n) is 3.74. The molecule has 2 nitrogen and oxygen atoms in total. The van der Waals surface area contributed by atoms with Crippen LogP contribution in [0.15, 0.2) is 22.7 Å². The highest BCUT2D eigenvalue weighted by Gasteiger charge is 2.20. The molecular formula is C15H22BrNO. The molecule has 0 bridgehead atoms. The number of halogens is 1. The standard InChI is InChI=1S/C15H22BrNO/c1-10-3-6-13(7-4-10)18-15-8-5-12(11(2)17)9-14(15)16/h5,8-11,13H,3-4,6-7,17H2,1-2H3. The Morgan fingerprint density at radius 3 is 2.50 bits per heavy atom. The Kier molecular flexibility index (Phi) is 4.68. The Bertz CT molecular complexity index is 397. The molecule has 0 amide bonds. The predicted molar refractivity (Wildman–Crippen MR) is 78.8 cm³/mol. The predicted octanol–water partition coefficient (Wildman–Crippen LogP) is 4.43. The van der Waals surface area contributed by atoms with Gasteiger partial charge in [-0.3, -0.25) is 0 Å². The van der Waals surface area contributed by atoms with E-state index >= 15 is 0 Å². The lowest BCUT2D eigenvalue weighted by atomic mass is 9.89. The smallest absolute Gasteiger partial charge is 0.133 e. The van der Waals surface area contributed by atoms with E-state index < -0.39 is 0 Å². The molecule has 1 fully saturated rings. The van der Waals surface area contributed by atoms with Crippen molar-refractivity contribution < 1.29 is 4.74 Å². The molecule has 0 radical (unpaired) electrons. The summed E-state index contributed by atoms with van der Waals surface area (Å²) in [6.07, 6.45) is 5.27. The van der Waals surface area contributed by atoms with Crippen molar-refractivity contribution in [3.8, 4) is 5.75 Å². The van der Waals surface area contributed by atoms with Crippen molar-refractivity contribution in [1.29, 1.82) is 0 Å². The summed E-state index contributed by atoms with van der Waals surface area (Å²) in [5, 5.41) is 0. The molecule has 0 spiro atoms. The highest BCUT2D eigenvalue weighted by Crippen LogP contribution is 2.32. The van der Waals surface area contributed by atoms with Gasteiger partial charge in [0, 0.05) is 6.04 Å². The molecule has 0 saturated heterocycles. The van der Waals surface area contributed by atoms with Gasteiger partial charge in [0.2, 0.25) is 0 Å². The second-order valence-electron chi connectivity index (χ2n) is 5.48. The summed E-state index contributed by atoms with van der Waals surface area (Å²) in [6.45, 7) is 4.31. The molecule has 1 aromatic rings. The van der Waals surface area contributed by atoms with Crippen molar-refractivity contribution in [1.82, 2.24) is 0 Å². The fourth-order valence-electron chi connectivity index (χ4n) is 2.42. The SMILES string of the molecule is CC1CCC(Oc2ccc(C(C)N)cc2Br)CC1. The maximum atomic E-state index is 6.08. The number of benzene rings is 1. The molecule has 1 aliphatic carbocycles. The molecule has 0 aliphatic heterocycles. The van der Waals surface area contributed by atoms with E-state index in [0.29, 0.717) is 6.10 Å². The monoisotopic (exact) mass is 311 g/mol. The summed E-state index contributed by atoms with van der Waals surface area (Å²) in [6, 6.07) is 6.20. The largest absolute Gasteiger partial charge is 0.489 e. The Hall–Kier alpha value is -0.540. The molecule has 0 aromatic heterocycles. The Morgan fingerprint density at radius 2 is 1.94 bits per heavy atom. The van der Waals surface area contributed by atoms with Crippen molar-refractivity contribution in [3.63, 3.8) is 0 Å². The van der Waals surface area contributed by atoms with Crippen LogP contribution in [0.2, 0.25) is 0 Å². The van der Waals surface area contributed by atoms with E-state index in [9.17, 15) is 0 Å². The molecule has 100 valence electrons. The first-order valence-corrected chi connectivity index (χ1v) is 7.57. The van der Waals surface area contributed by atoms with E-state index in [2.05, 4.69) is 35.0 Å². The zero-order valence-corrected chi connectivity index (χ0v) is 12.7. The van der Waals surface area contributed by atoms with Gasteiger partial charge < -0.3 is 10.5 Å². The molecule has 1 aromatic carbocycles. The van der Waals surface area contributed by atoms with E-state index in [1.54, 1.807) is 0 Å². The van der Waals surface area contributed by atoms with Crippen LogP contribution in [0, 0.1) is 5.92 Å². The number of hydrogen-bond donors (Lipinski definition) is 1. The van der Waals surface area contributed by atoms with Gasteiger partial charge in [-0.05, 0) is 72.2 Å². The second kappa shape index (κ2) is 6.07. The van der Waals surface area contributed by atoms with Crippen LogP contribution in [0.4, 0.5) is 0 Å². The van der Waals surface area contributed by atoms with Crippen LogP contribution < -0.4 is 10.5 Å². The fourth-order valence-corrected chi connectivity index (χ4v) is 2.91. The highest BCUT2D eigenvalue weighted by atomic mass is 79.9. The van der Waals surface area contributed by atoms with Crippen LogP contribution in [0.5, 0.6) is 5.75 Å². The number of hydrogen-bond acceptors (Lipinski definition) is 2. The van der Waals surface area contributed by atoms with Gasteiger partial charge in [0.05, 0.1) is 10.6 Å². The molecule has 0 heterocycles. The minimum atomic E-state index is 0.0610. The minimum Gasteiger partial charge on any atom is -0.489 e. The van der Waals surface area contributed by atoms with Crippen LogP contribution in [-0.2, 0) is 0 Å². The molecule has 1 unspecified atom stereocenters. The Morgan fingerprint density at radius 1 is 1.28 bits per heavy atom. The summed E-state index contributed by atoms with van der Waals surface area (Å²) < 4.78 is 7.09. The number of rotatable bonds is 3. The van der Waals surface area contributed by atoms with Crippen molar-refractivity contribution in [2.45, 2.75) is 51.7 Å². The van der Waals surface area contributed by atoms with Gasteiger partial charge >= 0.3 is 0 Å². The Balaban J connectivity index is 2.01. The minimum absolute atomic E-state index is 0.0610. The van der Waals surface area contributed by atoms with E-state index in [0.717, 1.165) is 21.7 Å². The fraction of sp³-hybridized carbons (Fsp3) is 0.600. The van der Waals surface area contributed by atoms with E-state index in [-0.39, 0.29) is 6.04 Å². The van der Waals surface area contributed by atoms with Crippen molar-refractivity contribution >= 4 is 15.9 Å². The second-order valence-corrected chi connectivity index (χ2v) is 6.33. The van der Waals surface area contributed by atoms with Crippen LogP contribution in [0.3, 0.4) is 0 Å². The number of nitrogens with two attached hydrogens (primary N) is 1. The topological polar surface area (TPSA) is 35.2 Å². The lowest BCUT2D eigenvalue weighted by molar-refractivity contribution is 0.134. The molecule has 1 saturated carbocycles. The molecule has 18 heavy (non-hydrogen) atoms. The molecular weight excluding hydrogens is 290 g/mol. The lowest BCUT2D eigenvalue weighted by Crippen LogP contribution is -2.23. The molecule has 2 rings (SSSR count). The summed E-state index contributed by atoms with van der Waals surface area (Å²) in [5.41, 5.74) is 7.00. The van der Waals surface area contributed by atoms with Crippen molar-refractivity contribution in [3.05, 3.63) is 28.2 Å². The van der Waals surface area contributed by atoms with Crippen LogP contribution in [0.25, 0.3) is 0 Å². The molecule has 1 aliphatic rings. The zero-order valence-electron chi connectivity index (χ0n) is 11.2. The third kappa shape index (κ3) is 3.48. The van der Waals surface area contributed by atoms with Gasteiger partial charge in [-0.1, -0.05) is 13.0 Å². The average Bonchev–Trinajstić information content (AvgIpc) is 2.34. The molecule has 1 atom stereocenters. The highest BCUT2D eigenvalue weighted by molar-refractivity contribution is 9.10. The van der Waals surface area contributed by atoms with Crippen LogP contribution in [0.1, 0.15) is 51.1 Å². The summed E-state index contributed by atoms with van der Waals surface area (Å²) >= 11 is 3.57. The van der Waals surface area contributed by atoms with E-state index in [1.807, 2.05) is 13.0 Å². The van der Waals surface area contributed by atoms with Gasteiger partial charge in [-0.2, -0.15) is 0 Å². The van der Waals surface area contributed by atoms with Crippen LogP contribution >= 0.6 is 15.9 Å². The maximum Gasteiger partial charge on any atom is 0.133 e. The first-order valence-electron chi connectivity index (χ1n) is 6.78. The Labute approximate surface area is 118 Å². The van der Waals surface area contributed by atoms with Crippen molar-refractivity contribution in [2.24, 2.45) is 11.7 Å². The van der Waals surface area contributed by atoms with Crippen LogP contribution in [-0.4, -0.2) is 6.10 Å². The zero-order chi connectivity index (χ0) is 13.1. The number of ether oxygens (including phenoxy) is 1. The van der Waals surface area contributed by atoms with Gasteiger partial charge in [0.25, 0.3) is 0 Å². The third-order valence-corrected chi connectivity index (χ3v) is 4.36. The first-order chi connectivity index (χ1) is 8.56. The lowest BCUT2D eigenvalue weighted by Gasteiger charge is -2.27. The first kappa shape index (κ1) is 13.9. The molecule has 2 N–H and O–H groups in total. The average molecular weight is 312 g/mol. The van der Waals surface area contributed by atoms with Gasteiger partial charge in [-0.15, -0.1) is 0 Å². The van der Waals surface area contributed by atoms with Gasteiger partial charge in [0.1, 0.15) is 5.75 Å². The van der Waals surface area contributed by atoms with Gasteiger partial charge in [0.15, 0.2) is 0 Å². The van der Waals surface area contributed by atoms with Crippen molar-refractivity contribution in [2.75, 3.05) is 0 Å². The van der Waals surface area contributed by atoms with Gasteiger partial charge in [-0.25, -0.2) is 0 Å². The maximum absolute atomic E-state index is 6.08. The normalized spacial score (nSPS) is 25.8.